The molecule has 0 atom stereocenters. The molecule has 0 saturated carbocycles. The van der Waals surface area contributed by atoms with Crippen LogP contribution in [0.2, 0.25) is 0 Å². The molecule has 0 fully saturated rings. The highest BCUT2D eigenvalue weighted by Crippen LogP contribution is 2.35. The van der Waals surface area contributed by atoms with E-state index < -0.39 is 10.0 Å². The Morgan fingerprint density at radius 1 is 1.07 bits per heavy atom. The first kappa shape index (κ1) is 19.0. The van der Waals surface area contributed by atoms with E-state index in [1.165, 1.54) is 18.5 Å². The first-order valence-electron chi connectivity index (χ1n) is 8.55. The van der Waals surface area contributed by atoms with Crippen molar-refractivity contribution in [2.75, 3.05) is 18.5 Å². The molecule has 1 heterocycles. The maximum absolute atomic E-state index is 13.1. The number of methoxy groups -OCH3 is 1. The van der Waals surface area contributed by atoms with E-state index in [-0.39, 0.29) is 17.3 Å². The minimum Gasteiger partial charge on any atom is -0.469 e. The third kappa shape index (κ3) is 3.42. The zero-order valence-electron chi connectivity index (χ0n) is 15.5. The average molecular weight is 386 g/mol. The van der Waals surface area contributed by atoms with Gasteiger partial charge in [-0.2, -0.15) is 0 Å². The van der Waals surface area contributed by atoms with Gasteiger partial charge in [0.1, 0.15) is 5.82 Å². The van der Waals surface area contributed by atoms with Gasteiger partial charge in [-0.3, -0.25) is 9.10 Å². The van der Waals surface area contributed by atoms with Crippen molar-refractivity contribution in [2.24, 2.45) is 7.05 Å². The van der Waals surface area contributed by atoms with Crippen molar-refractivity contribution in [1.82, 2.24) is 4.57 Å². The number of nitrogens with zero attached hydrogens (tertiary/aromatic N) is 2. The first-order chi connectivity index (χ1) is 12.9. The summed E-state index contributed by atoms with van der Waals surface area (Å²) < 4.78 is 34.1. The van der Waals surface area contributed by atoms with E-state index in [1.54, 1.807) is 30.3 Å². The Morgan fingerprint density at radius 2 is 1.70 bits per heavy atom. The number of benzene rings is 2. The van der Waals surface area contributed by atoms with Crippen LogP contribution in [-0.2, 0) is 33.0 Å². The van der Waals surface area contributed by atoms with Gasteiger partial charge in [-0.1, -0.05) is 36.4 Å². The topological polar surface area (TPSA) is 68.6 Å². The van der Waals surface area contributed by atoms with Crippen LogP contribution in [0.1, 0.15) is 12.0 Å². The SMILES string of the molecule is COC(=O)CCc1c(N(C)S(=O)(=O)c2ccccc2)n(C)c2ccccc12. The van der Waals surface area contributed by atoms with E-state index in [2.05, 4.69) is 0 Å². The molecule has 3 aromatic rings. The van der Waals surface area contributed by atoms with E-state index >= 15 is 0 Å². The fourth-order valence-electron chi connectivity index (χ4n) is 3.30. The van der Waals surface area contributed by atoms with E-state index in [4.69, 9.17) is 4.74 Å². The van der Waals surface area contributed by atoms with Crippen LogP contribution in [0.5, 0.6) is 0 Å². The van der Waals surface area contributed by atoms with Crippen molar-refractivity contribution in [1.29, 1.82) is 0 Å². The van der Waals surface area contributed by atoms with Crippen LogP contribution in [0, 0.1) is 0 Å². The zero-order chi connectivity index (χ0) is 19.6. The van der Waals surface area contributed by atoms with Crippen LogP contribution < -0.4 is 4.31 Å². The van der Waals surface area contributed by atoms with Gasteiger partial charge in [0.05, 0.1) is 12.0 Å². The van der Waals surface area contributed by atoms with E-state index in [0.29, 0.717) is 12.2 Å². The van der Waals surface area contributed by atoms with E-state index in [1.807, 2.05) is 35.9 Å². The average Bonchev–Trinajstić information content (AvgIpc) is 2.98. The number of fused-ring (bicyclic) bond motifs is 1. The number of hydrogen-bond acceptors (Lipinski definition) is 4. The number of anilines is 1. The van der Waals surface area contributed by atoms with Gasteiger partial charge >= 0.3 is 5.97 Å². The Labute approximate surface area is 159 Å². The fourth-order valence-corrected chi connectivity index (χ4v) is 4.58. The molecule has 0 spiro atoms. The van der Waals surface area contributed by atoms with Crippen molar-refractivity contribution in [3.63, 3.8) is 0 Å². The lowest BCUT2D eigenvalue weighted by Gasteiger charge is -2.22. The zero-order valence-corrected chi connectivity index (χ0v) is 16.4. The standard InChI is InChI=1S/C20H22N2O4S/c1-21-18-12-8-7-11-16(18)17(13-14-19(23)26-3)20(21)22(2)27(24,25)15-9-5-4-6-10-15/h4-12H,13-14H2,1-3H3. The monoisotopic (exact) mass is 386 g/mol. The van der Waals surface area contributed by atoms with E-state index in [9.17, 15) is 13.2 Å². The summed E-state index contributed by atoms with van der Waals surface area (Å²) >= 11 is 0. The van der Waals surface area contributed by atoms with Crippen LogP contribution >= 0.6 is 0 Å². The van der Waals surface area contributed by atoms with Gasteiger partial charge in [-0.15, -0.1) is 0 Å². The maximum Gasteiger partial charge on any atom is 0.305 e. The summed E-state index contributed by atoms with van der Waals surface area (Å²) in [6.45, 7) is 0. The molecule has 27 heavy (non-hydrogen) atoms. The number of aryl methyl sites for hydroxylation is 2. The van der Waals surface area contributed by atoms with Crippen LogP contribution in [-0.4, -0.2) is 33.1 Å². The van der Waals surface area contributed by atoms with E-state index in [0.717, 1.165) is 16.5 Å². The molecule has 0 aliphatic carbocycles. The van der Waals surface area contributed by atoms with Crippen molar-refractivity contribution >= 4 is 32.7 Å². The molecule has 0 amide bonds. The second kappa shape index (κ2) is 7.44. The highest BCUT2D eigenvalue weighted by Gasteiger charge is 2.27. The first-order valence-corrected chi connectivity index (χ1v) is 9.99. The Balaban J connectivity index is 2.15. The van der Waals surface area contributed by atoms with Crippen LogP contribution in [0.3, 0.4) is 0 Å². The highest BCUT2D eigenvalue weighted by molar-refractivity contribution is 7.92. The minimum absolute atomic E-state index is 0.177. The number of ether oxygens (including phenoxy) is 1. The molecule has 7 heteroatoms. The molecular formula is C20H22N2O4S. The van der Waals surface area contributed by atoms with Gasteiger partial charge in [0.2, 0.25) is 0 Å². The summed E-state index contributed by atoms with van der Waals surface area (Å²) in [5, 5.41) is 0.925. The highest BCUT2D eigenvalue weighted by atomic mass is 32.2. The summed E-state index contributed by atoms with van der Waals surface area (Å²) in [6, 6.07) is 16.0. The molecule has 2 aromatic carbocycles. The molecular weight excluding hydrogens is 364 g/mol. The fraction of sp³-hybridized carbons (Fsp3) is 0.250. The number of para-hydroxylation sites is 1. The van der Waals surface area contributed by atoms with Crippen LogP contribution in [0.25, 0.3) is 10.9 Å². The lowest BCUT2D eigenvalue weighted by atomic mass is 10.1. The minimum atomic E-state index is -3.73. The van der Waals surface area contributed by atoms with Crippen molar-refractivity contribution in [3.05, 3.63) is 60.2 Å². The number of carbonyl (C=O) groups is 1. The Morgan fingerprint density at radius 3 is 2.37 bits per heavy atom. The number of rotatable bonds is 6. The molecule has 0 aliphatic rings. The molecule has 0 radical (unpaired) electrons. The van der Waals surface area contributed by atoms with Crippen molar-refractivity contribution < 1.29 is 17.9 Å². The second-order valence-electron chi connectivity index (χ2n) is 6.24. The summed E-state index contributed by atoms with van der Waals surface area (Å²) in [5.74, 6) is 0.214. The number of hydrogen-bond donors (Lipinski definition) is 0. The summed E-state index contributed by atoms with van der Waals surface area (Å²) in [7, 11) is 0.983. The van der Waals surface area contributed by atoms with Gasteiger partial charge in [0, 0.05) is 37.0 Å². The third-order valence-electron chi connectivity index (χ3n) is 4.68. The largest absolute Gasteiger partial charge is 0.469 e. The number of esters is 1. The molecule has 1 aromatic heterocycles. The van der Waals surface area contributed by atoms with Crippen LogP contribution in [0.4, 0.5) is 5.82 Å². The lowest BCUT2D eigenvalue weighted by molar-refractivity contribution is -0.140. The summed E-state index contributed by atoms with van der Waals surface area (Å²) in [4.78, 5) is 11.9. The van der Waals surface area contributed by atoms with Gasteiger partial charge in [0.25, 0.3) is 10.0 Å². The smallest absolute Gasteiger partial charge is 0.305 e. The molecule has 6 nitrogen and oxygen atoms in total. The van der Waals surface area contributed by atoms with Gasteiger partial charge in [0.15, 0.2) is 0 Å². The Bertz CT molecular complexity index is 1070. The van der Waals surface area contributed by atoms with Gasteiger partial charge in [-0.05, 0) is 24.6 Å². The molecule has 0 saturated heterocycles. The van der Waals surface area contributed by atoms with Crippen molar-refractivity contribution in [3.8, 4) is 0 Å². The third-order valence-corrected chi connectivity index (χ3v) is 6.45. The van der Waals surface area contributed by atoms with Crippen LogP contribution in [0.15, 0.2) is 59.5 Å². The second-order valence-corrected chi connectivity index (χ2v) is 8.21. The van der Waals surface area contributed by atoms with Crippen molar-refractivity contribution in [2.45, 2.75) is 17.7 Å². The number of sulfonamides is 1. The summed E-state index contributed by atoms with van der Waals surface area (Å²) in [6.07, 6.45) is 0.564. The molecule has 0 aliphatic heterocycles. The summed E-state index contributed by atoms with van der Waals surface area (Å²) in [5.41, 5.74) is 1.71. The predicted octanol–water partition coefficient (Wildman–Crippen LogP) is 3.11. The molecule has 3 rings (SSSR count). The maximum atomic E-state index is 13.1. The predicted molar refractivity (Wildman–Crippen MR) is 105 cm³/mol. The molecule has 142 valence electrons. The molecule has 0 N–H and O–H groups in total. The normalized spacial score (nSPS) is 11.5. The Kier molecular flexibility index (Phi) is 5.23. The van der Waals surface area contributed by atoms with Gasteiger partial charge < -0.3 is 9.30 Å². The molecule has 0 bridgehead atoms. The lowest BCUT2D eigenvalue weighted by Crippen LogP contribution is -2.29. The number of aromatic nitrogens is 1. The van der Waals surface area contributed by atoms with Gasteiger partial charge in [-0.25, -0.2) is 8.42 Å². The quantitative estimate of drug-likeness (QED) is 0.611. The number of carbonyl (C=O) groups excluding carboxylic acids is 1. The molecule has 0 unspecified atom stereocenters. The Hall–Kier alpha value is -2.80.